The Morgan fingerprint density at radius 3 is 2.84 bits per heavy atom. The SMILES string of the molecule is O=C(NCCc1cccc(O)c1)N(CCO)C1CC1. The topological polar surface area (TPSA) is 72.8 Å². The summed E-state index contributed by atoms with van der Waals surface area (Å²) in [6, 6.07) is 7.20. The van der Waals surface area contributed by atoms with E-state index in [9.17, 15) is 9.90 Å². The molecule has 104 valence electrons. The monoisotopic (exact) mass is 264 g/mol. The maximum absolute atomic E-state index is 11.9. The molecule has 2 rings (SSSR count). The molecule has 0 atom stereocenters. The maximum atomic E-state index is 11.9. The molecular formula is C14H20N2O3. The zero-order valence-electron chi connectivity index (χ0n) is 10.9. The van der Waals surface area contributed by atoms with Crippen molar-refractivity contribution < 1.29 is 15.0 Å². The van der Waals surface area contributed by atoms with Crippen molar-refractivity contribution in [2.45, 2.75) is 25.3 Å². The third kappa shape index (κ3) is 4.13. The van der Waals surface area contributed by atoms with E-state index in [0.717, 1.165) is 18.4 Å². The van der Waals surface area contributed by atoms with Gasteiger partial charge in [0.15, 0.2) is 0 Å². The quantitative estimate of drug-likeness (QED) is 0.720. The number of carbonyl (C=O) groups is 1. The second-order valence-electron chi connectivity index (χ2n) is 4.80. The van der Waals surface area contributed by atoms with Crippen LogP contribution in [0.15, 0.2) is 24.3 Å². The summed E-state index contributed by atoms with van der Waals surface area (Å²) in [4.78, 5) is 13.6. The Hall–Kier alpha value is -1.75. The normalized spacial score (nSPS) is 14.2. The Labute approximate surface area is 112 Å². The predicted octanol–water partition coefficient (Wildman–Crippen LogP) is 1.10. The molecule has 0 saturated heterocycles. The van der Waals surface area contributed by atoms with Gasteiger partial charge in [-0.05, 0) is 37.0 Å². The molecule has 2 amide bonds. The highest BCUT2D eigenvalue weighted by molar-refractivity contribution is 5.74. The van der Waals surface area contributed by atoms with Crippen LogP contribution in [0.5, 0.6) is 5.75 Å². The number of urea groups is 1. The first kappa shape index (κ1) is 13.7. The lowest BCUT2D eigenvalue weighted by Crippen LogP contribution is -2.43. The third-order valence-corrected chi connectivity index (χ3v) is 3.19. The van der Waals surface area contributed by atoms with E-state index in [1.54, 1.807) is 23.1 Å². The standard InChI is InChI=1S/C14H20N2O3/c17-9-8-16(12-4-5-12)14(19)15-7-6-11-2-1-3-13(18)10-11/h1-3,10,12,17-18H,4-9H2,(H,15,19). The minimum Gasteiger partial charge on any atom is -0.508 e. The van der Waals surface area contributed by atoms with Crippen LogP contribution in [0.3, 0.4) is 0 Å². The number of phenols is 1. The van der Waals surface area contributed by atoms with Crippen molar-refractivity contribution in [3.63, 3.8) is 0 Å². The number of nitrogens with zero attached hydrogens (tertiary/aromatic N) is 1. The second kappa shape index (κ2) is 6.43. The molecule has 1 aliphatic carbocycles. The average Bonchev–Trinajstić information content (AvgIpc) is 3.20. The van der Waals surface area contributed by atoms with Crippen molar-refractivity contribution in [2.75, 3.05) is 19.7 Å². The summed E-state index contributed by atoms with van der Waals surface area (Å²) in [5, 5.41) is 21.1. The van der Waals surface area contributed by atoms with E-state index < -0.39 is 0 Å². The van der Waals surface area contributed by atoms with Crippen LogP contribution >= 0.6 is 0 Å². The van der Waals surface area contributed by atoms with Crippen LogP contribution in [0, 0.1) is 0 Å². The number of benzene rings is 1. The molecule has 5 heteroatoms. The molecule has 5 nitrogen and oxygen atoms in total. The molecule has 1 aromatic rings. The largest absolute Gasteiger partial charge is 0.508 e. The zero-order valence-corrected chi connectivity index (χ0v) is 10.9. The van der Waals surface area contributed by atoms with Crippen molar-refractivity contribution in [3.8, 4) is 5.75 Å². The number of hydrogen-bond acceptors (Lipinski definition) is 3. The van der Waals surface area contributed by atoms with Gasteiger partial charge in [0.25, 0.3) is 0 Å². The molecule has 19 heavy (non-hydrogen) atoms. The third-order valence-electron chi connectivity index (χ3n) is 3.19. The Balaban J connectivity index is 1.76. The van der Waals surface area contributed by atoms with Gasteiger partial charge in [0.2, 0.25) is 0 Å². The van der Waals surface area contributed by atoms with Crippen LogP contribution in [-0.2, 0) is 6.42 Å². The molecule has 3 N–H and O–H groups in total. The van der Waals surface area contributed by atoms with Gasteiger partial charge in [-0.3, -0.25) is 0 Å². The highest BCUT2D eigenvalue weighted by Crippen LogP contribution is 2.26. The Bertz CT molecular complexity index is 432. The molecule has 0 radical (unpaired) electrons. The minimum absolute atomic E-state index is 0.00349. The number of nitrogens with one attached hydrogen (secondary N) is 1. The lowest BCUT2D eigenvalue weighted by atomic mass is 10.1. The van der Waals surface area contributed by atoms with Gasteiger partial charge in [0, 0.05) is 19.1 Å². The summed E-state index contributed by atoms with van der Waals surface area (Å²) < 4.78 is 0. The van der Waals surface area contributed by atoms with Gasteiger partial charge in [-0.2, -0.15) is 0 Å². The molecule has 1 aliphatic rings. The number of aromatic hydroxyl groups is 1. The second-order valence-corrected chi connectivity index (χ2v) is 4.80. The zero-order chi connectivity index (χ0) is 13.7. The number of rotatable bonds is 6. The van der Waals surface area contributed by atoms with Crippen molar-refractivity contribution in [2.24, 2.45) is 0 Å². The fourth-order valence-corrected chi connectivity index (χ4v) is 2.07. The van der Waals surface area contributed by atoms with E-state index in [1.807, 2.05) is 6.07 Å². The van der Waals surface area contributed by atoms with Crippen LogP contribution in [0.1, 0.15) is 18.4 Å². The molecule has 0 heterocycles. The van der Waals surface area contributed by atoms with E-state index >= 15 is 0 Å². The van der Waals surface area contributed by atoms with E-state index in [1.165, 1.54) is 0 Å². The smallest absolute Gasteiger partial charge is 0.317 e. The summed E-state index contributed by atoms with van der Waals surface area (Å²) in [5.41, 5.74) is 0.987. The van der Waals surface area contributed by atoms with Crippen LogP contribution in [0.4, 0.5) is 4.79 Å². The van der Waals surface area contributed by atoms with Gasteiger partial charge in [0.05, 0.1) is 6.61 Å². The molecular weight excluding hydrogens is 244 g/mol. The first-order valence-corrected chi connectivity index (χ1v) is 6.64. The Kier molecular flexibility index (Phi) is 4.63. The number of carbonyl (C=O) groups excluding carboxylic acids is 1. The van der Waals surface area contributed by atoms with E-state index in [0.29, 0.717) is 25.6 Å². The van der Waals surface area contributed by atoms with Crippen LogP contribution in [-0.4, -0.2) is 46.9 Å². The van der Waals surface area contributed by atoms with Gasteiger partial charge >= 0.3 is 6.03 Å². The molecule has 0 bridgehead atoms. The summed E-state index contributed by atoms with van der Waals surface area (Å²) in [7, 11) is 0. The molecule has 1 saturated carbocycles. The number of amides is 2. The molecule has 1 fully saturated rings. The fourth-order valence-electron chi connectivity index (χ4n) is 2.07. The predicted molar refractivity (Wildman–Crippen MR) is 72.0 cm³/mol. The van der Waals surface area contributed by atoms with Crippen molar-refractivity contribution in [1.82, 2.24) is 10.2 Å². The number of phenolic OH excluding ortho intramolecular Hbond substituents is 1. The van der Waals surface area contributed by atoms with Gasteiger partial charge in [-0.15, -0.1) is 0 Å². The van der Waals surface area contributed by atoms with Gasteiger partial charge in [-0.25, -0.2) is 4.79 Å². The molecule has 0 aliphatic heterocycles. The first-order valence-electron chi connectivity index (χ1n) is 6.64. The molecule has 0 spiro atoms. The molecule has 0 unspecified atom stereocenters. The van der Waals surface area contributed by atoms with Gasteiger partial charge < -0.3 is 20.4 Å². The van der Waals surface area contributed by atoms with E-state index in [4.69, 9.17) is 5.11 Å². The fraction of sp³-hybridized carbons (Fsp3) is 0.500. The molecule has 1 aromatic carbocycles. The van der Waals surface area contributed by atoms with Gasteiger partial charge in [0.1, 0.15) is 5.75 Å². The maximum Gasteiger partial charge on any atom is 0.317 e. The Morgan fingerprint density at radius 1 is 1.42 bits per heavy atom. The summed E-state index contributed by atoms with van der Waals surface area (Å²) in [5.74, 6) is 0.240. The lowest BCUT2D eigenvalue weighted by molar-refractivity contribution is 0.174. The number of hydrogen-bond donors (Lipinski definition) is 3. The van der Waals surface area contributed by atoms with E-state index in [-0.39, 0.29) is 18.4 Å². The van der Waals surface area contributed by atoms with E-state index in [2.05, 4.69) is 5.32 Å². The molecule has 0 aromatic heterocycles. The number of aliphatic hydroxyl groups excluding tert-OH is 1. The summed E-state index contributed by atoms with van der Waals surface area (Å²) >= 11 is 0. The highest BCUT2D eigenvalue weighted by Gasteiger charge is 2.31. The summed E-state index contributed by atoms with van der Waals surface area (Å²) in [6.45, 7) is 0.913. The average molecular weight is 264 g/mol. The van der Waals surface area contributed by atoms with Crippen molar-refractivity contribution in [3.05, 3.63) is 29.8 Å². The lowest BCUT2D eigenvalue weighted by Gasteiger charge is -2.21. The first-order chi connectivity index (χ1) is 9.20. The van der Waals surface area contributed by atoms with Gasteiger partial charge in [-0.1, -0.05) is 12.1 Å². The van der Waals surface area contributed by atoms with Crippen LogP contribution in [0.2, 0.25) is 0 Å². The number of aliphatic hydroxyl groups is 1. The van der Waals surface area contributed by atoms with Crippen LogP contribution < -0.4 is 5.32 Å². The highest BCUT2D eigenvalue weighted by atomic mass is 16.3. The minimum atomic E-state index is -0.114. The van der Waals surface area contributed by atoms with Crippen LogP contribution in [0.25, 0.3) is 0 Å². The summed E-state index contributed by atoms with van der Waals surface area (Å²) in [6.07, 6.45) is 2.73. The van der Waals surface area contributed by atoms with Crippen molar-refractivity contribution in [1.29, 1.82) is 0 Å². The van der Waals surface area contributed by atoms with Crippen molar-refractivity contribution >= 4 is 6.03 Å². The Morgan fingerprint density at radius 2 is 2.21 bits per heavy atom.